The number of aromatic nitrogens is 1. The highest BCUT2D eigenvalue weighted by molar-refractivity contribution is 5.46. The Morgan fingerprint density at radius 3 is 2.40 bits per heavy atom. The molecule has 25 heavy (non-hydrogen) atoms. The summed E-state index contributed by atoms with van der Waals surface area (Å²) in [7, 11) is 0. The van der Waals surface area contributed by atoms with Crippen LogP contribution < -0.4 is 15.8 Å². The molecule has 5 nitrogen and oxygen atoms in total. The van der Waals surface area contributed by atoms with E-state index < -0.39 is 6.36 Å². The van der Waals surface area contributed by atoms with Gasteiger partial charge >= 0.3 is 6.36 Å². The lowest BCUT2D eigenvalue weighted by Crippen LogP contribution is -2.45. The molecule has 1 aromatic heterocycles. The van der Waals surface area contributed by atoms with Crippen LogP contribution >= 0.6 is 0 Å². The maximum Gasteiger partial charge on any atom is 0.573 e. The molecule has 0 saturated carbocycles. The summed E-state index contributed by atoms with van der Waals surface area (Å²) in [5, 5.41) is 3.29. The summed E-state index contributed by atoms with van der Waals surface area (Å²) in [6.07, 6.45) is -3.08. The molecule has 1 aliphatic rings. The van der Waals surface area contributed by atoms with Crippen molar-refractivity contribution >= 4 is 5.82 Å². The van der Waals surface area contributed by atoms with Crippen molar-refractivity contribution in [2.24, 2.45) is 0 Å². The van der Waals surface area contributed by atoms with Crippen LogP contribution in [0.5, 0.6) is 5.75 Å². The van der Waals surface area contributed by atoms with Gasteiger partial charge in [0, 0.05) is 37.9 Å². The minimum absolute atomic E-state index is 0.171. The maximum atomic E-state index is 12.3. The van der Waals surface area contributed by atoms with Crippen molar-refractivity contribution in [1.82, 2.24) is 15.2 Å². The van der Waals surface area contributed by atoms with Crippen LogP contribution in [0.1, 0.15) is 17.2 Å². The normalized spacial score (nSPS) is 17.2. The largest absolute Gasteiger partial charge is 0.573 e. The van der Waals surface area contributed by atoms with Crippen molar-refractivity contribution in [3.05, 3.63) is 53.7 Å². The number of hydrogen-bond acceptors (Lipinski definition) is 5. The molecule has 3 rings (SSSR count). The monoisotopic (exact) mass is 352 g/mol. The number of piperazine rings is 1. The van der Waals surface area contributed by atoms with Gasteiger partial charge in [-0.05, 0) is 23.8 Å². The predicted molar refractivity (Wildman–Crippen MR) is 88.1 cm³/mol. The first-order valence-corrected chi connectivity index (χ1v) is 7.95. The van der Waals surface area contributed by atoms with E-state index in [4.69, 9.17) is 5.73 Å². The second-order valence-corrected chi connectivity index (χ2v) is 5.78. The fourth-order valence-electron chi connectivity index (χ4n) is 3.04. The summed E-state index contributed by atoms with van der Waals surface area (Å²) in [5.41, 5.74) is 7.74. The van der Waals surface area contributed by atoms with Crippen LogP contribution in [0.15, 0.2) is 42.6 Å². The van der Waals surface area contributed by atoms with Crippen LogP contribution in [0.2, 0.25) is 0 Å². The number of nitrogen functional groups attached to an aromatic ring is 1. The van der Waals surface area contributed by atoms with Crippen molar-refractivity contribution < 1.29 is 17.9 Å². The number of halogens is 3. The zero-order chi connectivity index (χ0) is 17.9. The van der Waals surface area contributed by atoms with E-state index in [-0.39, 0.29) is 11.8 Å². The Morgan fingerprint density at radius 2 is 1.80 bits per heavy atom. The van der Waals surface area contributed by atoms with E-state index in [9.17, 15) is 13.2 Å². The smallest absolute Gasteiger partial charge is 0.406 e. The molecule has 1 fully saturated rings. The van der Waals surface area contributed by atoms with Gasteiger partial charge in [0.05, 0.1) is 6.04 Å². The topological polar surface area (TPSA) is 63.4 Å². The average molecular weight is 352 g/mol. The van der Waals surface area contributed by atoms with Gasteiger partial charge in [0.1, 0.15) is 11.6 Å². The fraction of sp³-hybridized carbons (Fsp3) is 0.353. The first-order valence-electron chi connectivity index (χ1n) is 7.95. The molecule has 0 aliphatic carbocycles. The molecule has 0 bridgehead atoms. The number of nitrogens with two attached hydrogens (primary N) is 1. The average Bonchev–Trinajstić information content (AvgIpc) is 2.58. The highest BCUT2D eigenvalue weighted by Crippen LogP contribution is 2.33. The van der Waals surface area contributed by atoms with Crippen molar-refractivity contribution in [3.63, 3.8) is 0 Å². The minimum Gasteiger partial charge on any atom is -0.406 e. The third-order valence-electron chi connectivity index (χ3n) is 4.11. The van der Waals surface area contributed by atoms with Gasteiger partial charge < -0.3 is 15.8 Å². The summed E-state index contributed by atoms with van der Waals surface area (Å²) in [4.78, 5) is 6.39. The molecule has 1 aromatic carbocycles. The SMILES string of the molecule is Nc1ncccc1[C@H](c1ccc(OC(F)(F)F)cc1)N1CCNCC1. The molecule has 0 spiro atoms. The summed E-state index contributed by atoms with van der Waals surface area (Å²) >= 11 is 0. The lowest BCUT2D eigenvalue weighted by Gasteiger charge is -2.35. The second kappa shape index (κ2) is 7.28. The molecule has 0 radical (unpaired) electrons. The molecule has 8 heteroatoms. The van der Waals surface area contributed by atoms with Crippen molar-refractivity contribution in [2.45, 2.75) is 12.4 Å². The molecule has 1 aliphatic heterocycles. The first-order chi connectivity index (χ1) is 11.9. The number of nitrogens with one attached hydrogen (secondary N) is 1. The van der Waals surface area contributed by atoms with E-state index in [2.05, 4.69) is 19.9 Å². The molecule has 134 valence electrons. The molecule has 2 heterocycles. The molecule has 2 aromatic rings. The summed E-state index contributed by atoms with van der Waals surface area (Å²) in [6, 6.07) is 9.46. The van der Waals surface area contributed by atoms with Gasteiger partial charge in [0.15, 0.2) is 0 Å². The molecular formula is C17H19F3N4O. The zero-order valence-corrected chi connectivity index (χ0v) is 13.5. The van der Waals surface area contributed by atoms with Crippen LogP contribution in [0.3, 0.4) is 0 Å². The van der Waals surface area contributed by atoms with E-state index in [0.29, 0.717) is 5.82 Å². The number of ether oxygens (including phenoxy) is 1. The lowest BCUT2D eigenvalue weighted by molar-refractivity contribution is -0.274. The number of benzene rings is 1. The molecule has 0 amide bonds. The van der Waals surface area contributed by atoms with Gasteiger partial charge in [-0.2, -0.15) is 0 Å². The Kier molecular flexibility index (Phi) is 5.10. The van der Waals surface area contributed by atoms with Crippen LogP contribution in [0.25, 0.3) is 0 Å². The Bertz CT molecular complexity index is 700. The lowest BCUT2D eigenvalue weighted by atomic mass is 9.96. The molecular weight excluding hydrogens is 333 g/mol. The fourth-order valence-corrected chi connectivity index (χ4v) is 3.04. The second-order valence-electron chi connectivity index (χ2n) is 5.78. The standard InChI is InChI=1S/C17H19F3N4O/c18-17(19,20)25-13-5-3-12(4-6-13)15(24-10-8-22-9-11-24)14-2-1-7-23-16(14)21/h1-7,15,22H,8-11H2,(H2,21,23)/t15-/m0/s1. The van der Waals surface area contributed by atoms with Crippen molar-refractivity contribution in [2.75, 3.05) is 31.9 Å². The van der Waals surface area contributed by atoms with E-state index in [1.165, 1.54) is 12.1 Å². The van der Waals surface area contributed by atoms with Gasteiger partial charge in [-0.1, -0.05) is 18.2 Å². The van der Waals surface area contributed by atoms with E-state index in [1.807, 2.05) is 12.1 Å². The molecule has 0 unspecified atom stereocenters. The van der Waals surface area contributed by atoms with E-state index in [1.54, 1.807) is 18.3 Å². The van der Waals surface area contributed by atoms with Crippen molar-refractivity contribution in [3.8, 4) is 5.75 Å². The number of hydrogen-bond donors (Lipinski definition) is 2. The molecule has 3 N–H and O–H groups in total. The minimum atomic E-state index is -4.70. The Balaban J connectivity index is 1.93. The number of pyridine rings is 1. The van der Waals surface area contributed by atoms with Gasteiger partial charge in [0.2, 0.25) is 0 Å². The molecule has 1 atom stereocenters. The van der Waals surface area contributed by atoms with Crippen LogP contribution in [-0.4, -0.2) is 42.4 Å². The summed E-state index contributed by atoms with van der Waals surface area (Å²) in [6.45, 7) is 3.29. The Hall–Kier alpha value is -2.32. The van der Waals surface area contributed by atoms with Crippen LogP contribution in [0.4, 0.5) is 19.0 Å². The van der Waals surface area contributed by atoms with Gasteiger partial charge in [0.25, 0.3) is 0 Å². The van der Waals surface area contributed by atoms with Crippen molar-refractivity contribution in [1.29, 1.82) is 0 Å². The highest BCUT2D eigenvalue weighted by Gasteiger charge is 2.31. The number of anilines is 1. The first kappa shape index (κ1) is 17.5. The summed E-state index contributed by atoms with van der Waals surface area (Å²) < 4.78 is 41.0. The third kappa shape index (κ3) is 4.40. The Morgan fingerprint density at radius 1 is 1.12 bits per heavy atom. The maximum absolute atomic E-state index is 12.3. The summed E-state index contributed by atoms with van der Waals surface area (Å²) in [5.74, 6) is 0.177. The number of rotatable bonds is 4. The number of alkyl halides is 3. The highest BCUT2D eigenvalue weighted by atomic mass is 19.4. The van der Waals surface area contributed by atoms with Gasteiger partial charge in [-0.3, -0.25) is 4.90 Å². The van der Waals surface area contributed by atoms with E-state index >= 15 is 0 Å². The molecule has 1 saturated heterocycles. The predicted octanol–water partition coefficient (Wildman–Crippen LogP) is 2.56. The van der Waals surface area contributed by atoms with E-state index in [0.717, 1.165) is 37.3 Å². The number of nitrogens with zero attached hydrogens (tertiary/aromatic N) is 2. The zero-order valence-electron chi connectivity index (χ0n) is 13.5. The third-order valence-corrected chi connectivity index (χ3v) is 4.11. The van der Waals surface area contributed by atoms with Crippen LogP contribution in [0, 0.1) is 0 Å². The van der Waals surface area contributed by atoms with Gasteiger partial charge in [-0.25, -0.2) is 4.98 Å². The quantitative estimate of drug-likeness (QED) is 0.886. The van der Waals surface area contributed by atoms with Gasteiger partial charge in [-0.15, -0.1) is 13.2 Å². The van der Waals surface area contributed by atoms with Crippen LogP contribution in [-0.2, 0) is 0 Å². The Labute approximate surface area is 143 Å².